The third-order valence-electron chi connectivity index (χ3n) is 27.1. The number of nitrogens with two attached hydrogens (primary N) is 3. The summed E-state index contributed by atoms with van der Waals surface area (Å²) in [6, 6.07) is 12.3. The minimum atomic E-state index is -2.67. The number of hydrogen-bond donors (Lipinski definition) is 17. The number of rotatable bonds is 29. The van der Waals surface area contributed by atoms with E-state index in [1.165, 1.54) is 14.7 Å². The van der Waals surface area contributed by atoms with Crippen LogP contribution >= 0.6 is 0 Å². The standard InChI is InChI=1S/C34H50N4O7.C32H38N4O7.C28H38N4O7/c1-7-9-11-13-38(14-12-10-8-2)18-20-17-23(36(3)4)21-15-19-16-22-27(37(5)6)30(41)26(33(35)44)32(43)34(22,45)31(42)24(19)29(40)25(21)28(20)39;1-35(2)21-14-18(15-34-11-10-16-8-6-5-7-9-16)26(37)23-19(21)12-17-13-20-25(36(3)4)28(39)24(31(33)42)30(41)32(20,43)29(40)22(17)27(23)38;1-6-7-8-30-12-14-11-17(31(2)3)15-9-13-10-16-21(32(4)5)24(35)20(27(29)38)26(37)28(16,39)25(36)18(13)23(34)19(15)22(14)33/h17,19,22,27,39-40,43,45H,7-16,18H2,1-6H3,(H2,35,44);5-9,14,17,20,25,34,37-38,41,43H,10-13,15H2,1-4H3,(H2,33,42);11,13,16,21,30,33-34,37,39H,6-10,12H2,1-5H3,(H2,29,38)/t19-,22-,27-,34-;17-,20-,25?,32-;13-,16-,21-,28-/m000/s1. The van der Waals surface area contributed by atoms with Crippen molar-refractivity contribution in [2.75, 3.05) is 125 Å². The first-order valence-corrected chi connectivity index (χ1v) is 43.6. The van der Waals surface area contributed by atoms with Gasteiger partial charge in [-0.25, -0.2) is 0 Å². The van der Waals surface area contributed by atoms with Crippen molar-refractivity contribution < 1.29 is 104 Å². The highest BCUT2D eigenvalue weighted by atomic mass is 16.4. The number of aliphatic hydroxyl groups excluding tert-OH is 6. The molecule has 13 rings (SSSR count). The molecule has 0 heterocycles. The van der Waals surface area contributed by atoms with E-state index in [2.05, 4.69) is 36.3 Å². The Morgan fingerprint density at radius 1 is 0.417 bits per heavy atom. The van der Waals surface area contributed by atoms with E-state index in [1.54, 1.807) is 42.3 Å². The second-order valence-corrected chi connectivity index (χ2v) is 36.5. The Bertz CT molecular complexity index is 5280. The first-order chi connectivity index (χ1) is 59.8. The molecule has 127 heavy (non-hydrogen) atoms. The van der Waals surface area contributed by atoms with Crippen molar-refractivity contribution in [3.05, 3.63) is 155 Å². The lowest BCUT2D eigenvalue weighted by atomic mass is 9.57. The molecule has 0 aromatic heterocycles. The van der Waals surface area contributed by atoms with Gasteiger partial charge < -0.3 is 104 Å². The van der Waals surface area contributed by atoms with Gasteiger partial charge >= 0.3 is 0 Å². The maximum Gasteiger partial charge on any atom is 0.255 e. The maximum absolute atomic E-state index is 14.2. The molecule has 0 saturated heterocycles. The van der Waals surface area contributed by atoms with Gasteiger partial charge in [0.2, 0.25) is 17.3 Å². The van der Waals surface area contributed by atoms with Gasteiger partial charge in [-0.1, -0.05) is 83.2 Å². The summed E-state index contributed by atoms with van der Waals surface area (Å²) in [7, 11) is 20.6. The van der Waals surface area contributed by atoms with Crippen LogP contribution in [0.25, 0.3) is 17.3 Å². The predicted octanol–water partition coefficient (Wildman–Crippen LogP) is 5.49. The lowest BCUT2D eigenvalue weighted by Gasteiger charge is -2.50. The van der Waals surface area contributed by atoms with Crippen LogP contribution in [0.1, 0.15) is 147 Å². The Labute approximate surface area is 739 Å². The molecule has 0 bridgehead atoms. The summed E-state index contributed by atoms with van der Waals surface area (Å²) in [5, 5.41) is 145. The molecule has 4 aromatic rings. The largest absolute Gasteiger partial charge is 0.508 e. The number of nitrogens with one attached hydrogen (secondary N) is 2. The van der Waals surface area contributed by atoms with Gasteiger partial charge in [0.05, 0.1) is 34.8 Å². The van der Waals surface area contributed by atoms with Crippen LogP contribution in [-0.4, -0.2) is 279 Å². The summed E-state index contributed by atoms with van der Waals surface area (Å²) in [6.07, 6.45) is 10.1. The molecule has 3 amide bonds. The van der Waals surface area contributed by atoms with Crippen LogP contribution < -0.4 is 42.5 Å². The molecular formula is C94H126N12O21. The monoisotopic (exact) mass is 1760 g/mol. The Balaban J connectivity index is 0.000000185. The number of carbonyl (C=O) groups excluding carboxylic acids is 9. The van der Waals surface area contributed by atoms with Crippen LogP contribution in [0.15, 0.2) is 99.2 Å². The van der Waals surface area contributed by atoms with E-state index in [9.17, 15) is 104 Å². The molecule has 20 N–H and O–H groups in total. The van der Waals surface area contributed by atoms with E-state index >= 15 is 0 Å². The van der Waals surface area contributed by atoms with Gasteiger partial charge in [0, 0.05) is 130 Å². The first-order valence-electron chi connectivity index (χ1n) is 43.6. The number of ketones is 6. The highest BCUT2D eigenvalue weighted by Gasteiger charge is 2.68. The highest BCUT2D eigenvalue weighted by Crippen LogP contribution is 2.59. The summed E-state index contributed by atoms with van der Waals surface area (Å²) in [5.74, 6) is -19.5. The van der Waals surface area contributed by atoms with E-state index < -0.39 is 174 Å². The van der Waals surface area contributed by atoms with Crippen LogP contribution in [0.2, 0.25) is 0 Å². The summed E-state index contributed by atoms with van der Waals surface area (Å²) in [6.45, 7) is 10.6. The number of primary amides is 3. The average Bonchev–Trinajstić information content (AvgIpc) is 0.705. The number of unbranched alkanes of at least 4 members (excludes halogenated alkanes) is 5. The van der Waals surface area contributed by atoms with Gasteiger partial charge in [-0.15, -0.1) is 0 Å². The molecule has 0 radical (unpaired) electrons. The second kappa shape index (κ2) is 38.1. The minimum absolute atomic E-state index is 0.0438. The third kappa shape index (κ3) is 17.0. The van der Waals surface area contributed by atoms with Gasteiger partial charge in [0.25, 0.3) is 17.7 Å². The lowest BCUT2D eigenvalue weighted by molar-refractivity contribution is -0.155. The van der Waals surface area contributed by atoms with Gasteiger partial charge in [0.15, 0.2) is 34.2 Å². The second-order valence-electron chi connectivity index (χ2n) is 36.5. The summed E-state index contributed by atoms with van der Waals surface area (Å²) >= 11 is 0. The number of phenolic OH excluding ortho intramolecular Hbond substituents is 3. The molecule has 3 fully saturated rings. The van der Waals surface area contributed by atoms with Crippen molar-refractivity contribution in [2.24, 2.45) is 52.7 Å². The number of aliphatic hydroxyl groups is 9. The number of phenols is 3. The zero-order valence-corrected chi connectivity index (χ0v) is 75.3. The molecule has 3 saturated carbocycles. The molecule has 1 unspecified atom stereocenters. The van der Waals surface area contributed by atoms with Crippen molar-refractivity contribution in [1.82, 2.24) is 30.2 Å². The first kappa shape index (κ1) is 96.6. The summed E-state index contributed by atoms with van der Waals surface area (Å²) in [4.78, 5) is 131. The molecule has 688 valence electrons. The fourth-order valence-corrected chi connectivity index (χ4v) is 20.9. The van der Waals surface area contributed by atoms with Gasteiger partial charge in [-0.3, -0.25) is 62.8 Å². The highest BCUT2D eigenvalue weighted by molar-refractivity contribution is 6.27. The third-order valence-corrected chi connectivity index (χ3v) is 27.1. The molecular weight excluding hydrogens is 1630 g/mol. The molecule has 9 aliphatic rings. The number of likely N-dealkylation sites (N-methyl/N-ethyl adjacent to an activating group) is 3. The maximum atomic E-state index is 14.2. The van der Waals surface area contributed by atoms with E-state index in [0.717, 1.165) is 100 Å². The fraction of sp³-hybridized carbons (Fsp3) is 0.521. The molecule has 12 atom stereocenters. The Hall–Kier alpha value is -11.0. The van der Waals surface area contributed by atoms with Gasteiger partial charge in [0.1, 0.15) is 68.5 Å². The molecule has 33 nitrogen and oxygen atoms in total. The van der Waals surface area contributed by atoms with Crippen LogP contribution in [0.3, 0.4) is 0 Å². The van der Waals surface area contributed by atoms with Crippen LogP contribution in [0.4, 0.5) is 17.1 Å². The van der Waals surface area contributed by atoms with E-state index in [-0.39, 0.29) is 95.7 Å². The Morgan fingerprint density at radius 3 is 1.01 bits per heavy atom. The number of carbonyl (C=O) groups is 9. The van der Waals surface area contributed by atoms with E-state index in [1.807, 2.05) is 106 Å². The van der Waals surface area contributed by atoms with Crippen LogP contribution in [0, 0.1) is 35.5 Å². The van der Waals surface area contributed by atoms with Crippen molar-refractivity contribution in [1.29, 1.82) is 0 Å². The van der Waals surface area contributed by atoms with Crippen molar-refractivity contribution in [3.63, 3.8) is 0 Å². The normalized spacial score (nSPS) is 25.4. The summed E-state index contributed by atoms with van der Waals surface area (Å²) < 4.78 is 0. The number of anilines is 3. The lowest BCUT2D eigenvalue weighted by Crippen LogP contribution is -2.65. The SMILES string of the molecule is CCCCCN(CCCCC)Cc1cc(N(C)C)c2c(c1O)C(O)=C1C(=O)[C@]3(O)C(O)=C(C(N)=O)C(=O)[C@@H](N(C)C)[C@@H]3C[C@@H]1C2.CCCCNCc1cc(N(C)C)c2c(c1O)C(O)=C1C(=O)[C@]3(O)C(O)=C(C(N)=O)C(=O)[C@@H](N(C)C)[C@@H]3C[C@@H]1C2.CN(C)c1cc(CNCCc2ccccc2)c(O)c2c1C[C@H]1C[C@H]3C(N(C)C)C(=O)C(C(N)=O)=C(O)[C@@]3(O)C(=O)C1=C2O. The zero-order chi connectivity index (χ0) is 93.7. The van der Waals surface area contributed by atoms with Crippen molar-refractivity contribution >= 4 is 86.8 Å². The smallest absolute Gasteiger partial charge is 0.255 e. The average molecular weight is 1760 g/mol. The number of fused-ring (bicyclic) bond motifs is 9. The van der Waals surface area contributed by atoms with Gasteiger partial charge in [-0.05, 0) is 191 Å². The molecule has 33 heteroatoms. The molecule has 0 spiro atoms. The topological polar surface area (TPSA) is 521 Å². The predicted molar refractivity (Wildman–Crippen MR) is 479 cm³/mol. The molecule has 0 aliphatic heterocycles. The number of amides is 3. The Morgan fingerprint density at radius 2 is 0.717 bits per heavy atom. The quantitative estimate of drug-likeness (QED) is 0.0236. The number of benzene rings is 4. The number of Topliss-reactive ketones (excluding diaryl/α,β-unsaturated/α-hetero) is 6. The summed E-state index contributed by atoms with van der Waals surface area (Å²) in [5.41, 5.74) is 12.7. The van der Waals surface area contributed by atoms with Crippen molar-refractivity contribution in [2.45, 2.75) is 172 Å². The van der Waals surface area contributed by atoms with Gasteiger partial charge in [-0.2, -0.15) is 0 Å². The molecule has 9 aliphatic carbocycles. The number of hydrogen-bond acceptors (Lipinski definition) is 30. The van der Waals surface area contributed by atoms with Crippen LogP contribution in [-0.2, 0) is 88.5 Å². The fourth-order valence-electron chi connectivity index (χ4n) is 20.9. The number of nitrogens with zero attached hydrogens (tertiary/aromatic N) is 7. The zero-order valence-electron chi connectivity index (χ0n) is 75.3. The minimum Gasteiger partial charge on any atom is -0.508 e. The van der Waals surface area contributed by atoms with E-state index in [0.29, 0.717) is 53.0 Å². The van der Waals surface area contributed by atoms with Crippen LogP contribution in [0.5, 0.6) is 17.2 Å². The molecule has 4 aromatic carbocycles. The Kier molecular flexibility index (Phi) is 29.0. The number of aromatic hydroxyl groups is 3. The van der Waals surface area contributed by atoms with E-state index in [4.69, 9.17) is 17.2 Å². The van der Waals surface area contributed by atoms with Crippen molar-refractivity contribution in [3.8, 4) is 17.2 Å².